The maximum absolute atomic E-state index is 11.8. The van der Waals surface area contributed by atoms with Crippen LogP contribution in [-0.4, -0.2) is 24.3 Å². The van der Waals surface area contributed by atoms with Crippen LogP contribution in [-0.2, 0) is 20.7 Å². The van der Waals surface area contributed by atoms with E-state index in [1.165, 1.54) is 0 Å². The molecule has 0 bridgehead atoms. The highest BCUT2D eigenvalue weighted by atomic mass is 18.1. The van der Waals surface area contributed by atoms with E-state index in [1.807, 2.05) is 44.2 Å². The van der Waals surface area contributed by atoms with Crippen molar-refractivity contribution in [2.24, 2.45) is 0 Å². The van der Waals surface area contributed by atoms with E-state index in [0.29, 0.717) is 13.0 Å². The number of esters is 1. The van der Waals surface area contributed by atoms with Crippen LogP contribution in [0.5, 0.6) is 0 Å². The number of ether oxygens (including phenoxy) is 2. The molecule has 1 atom stereocenters. The molecule has 1 fully saturated rings. The van der Waals surface area contributed by atoms with Crippen LogP contribution in [0, 0.1) is 0 Å². The lowest BCUT2D eigenvalue weighted by molar-refractivity contribution is -0.156. The smallest absolute Gasteiger partial charge is 0.306 e. The van der Waals surface area contributed by atoms with Gasteiger partial charge in [0.05, 0.1) is 12.2 Å². The fourth-order valence-corrected chi connectivity index (χ4v) is 2.18. The summed E-state index contributed by atoms with van der Waals surface area (Å²) in [6.07, 6.45) is 1.84. The zero-order valence-corrected chi connectivity index (χ0v) is 11.0. The molecule has 0 amide bonds. The van der Waals surface area contributed by atoms with E-state index in [4.69, 9.17) is 9.47 Å². The molecule has 0 radical (unpaired) electrons. The van der Waals surface area contributed by atoms with Crippen molar-refractivity contribution >= 4 is 5.97 Å². The molecular formula is C15H20O3. The first kappa shape index (κ1) is 13.1. The van der Waals surface area contributed by atoms with Crippen molar-refractivity contribution in [2.45, 2.75) is 44.8 Å². The number of carbonyl (C=O) groups is 1. The van der Waals surface area contributed by atoms with E-state index in [0.717, 1.165) is 18.4 Å². The van der Waals surface area contributed by atoms with E-state index in [1.54, 1.807) is 0 Å². The van der Waals surface area contributed by atoms with Gasteiger partial charge < -0.3 is 9.47 Å². The zero-order valence-electron chi connectivity index (χ0n) is 11.0. The van der Waals surface area contributed by atoms with E-state index >= 15 is 0 Å². The van der Waals surface area contributed by atoms with Gasteiger partial charge in [0, 0.05) is 12.8 Å². The first-order chi connectivity index (χ1) is 8.58. The minimum atomic E-state index is -0.345. The Bertz CT molecular complexity index is 397. The number of rotatable bonds is 4. The Morgan fingerprint density at radius 3 is 2.72 bits per heavy atom. The molecule has 1 saturated heterocycles. The SMILES string of the molecule is CC1(C)OCCC1OC(=[18O])CCc1ccccc1. The second-order valence-electron chi connectivity index (χ2n) is 5.20. The van der Waals surface area contributed by atoms with Gasteiger partial charge in [-0.15, -0.1) is 0 Å². The number of hydrogen-bond acceptors (Lipinski definition) is 3. The summed E-state index contributed by atoms with van der Waals surface area (Å²) in [7, 11) is 0. The monoisotopic (exact) mass is 250 g/mol. The summed E-state index contributed by atoms with van der Waals surface area (Å²) in [5.41, 5.74) is 0.818. The highest BCUT2D eigenvalue weighted by Gasteiger charge is 2.38. The van der Waals surface area contributed by atoms with Crippen molar-refractivity contribution in [3.63, 3.8) is 0 Å². The Morgan fingerprint density at radius 1 is 1.39 bits per heavy atom. The van der Waals surface area contributed by atoms with Crippen molar-refractivity contribution in [3.8, 4) is 0 Å². The fourth-order valence-electron chi connectivity index (χ4n) is 2.18. The lowest BCUT2D eigenvalue weighted by Crippen LogP contribution is -2.35. The van der Waals surface area contributed by atoms with Crippen LogP contribution in [0.2, 0.25) is 0 Å². The van der Waals surface area contributed by atoms with Crippen molar-refractivity contribution in [1.29, 1.82) is 0 Å². The lowest BCUT2D eigenvalue weighted by atomic mass is 10.0. The normalized spacial score (nSPS) is 21.8. The van der Waals surface area contributed by atoms with Crippen LogP contribution < -0.4 is 0 Å². The fraction of sp³-hybridized carbons (Fsp3) is 0.533. The molecule has 0 N–H and O–H groups in total. The van der Waals surface area contributed by atoms with Gasteiger partial charge >= 0.3 is 5.97 Å². The topological polar surface area (TPSA) is 35.5 Å². The van der Waals surface area contributed by atoms with Gasteiger partial charge in [-0.05, 0) is 25.8 Å². The van der Waals surface area contributed by atoms with Gasteiger partial charge in [-0.2, -0.15) is 0 Å². The minimum absolute atomic E-state index is 0.110. The van der Waals surface area contributed by atoms with Crippen LogP contribution in [0.15, 0.2) is 30.3 Å². The van der Waals surface area contributed by atoms with Crippen LogP contribution in [0.25, 0.3) is 0 Å². The molecule has 1 unspecified atom stereocenters. The Kier molecular flexibility index (Phi) is 4.02. The van der Waals surface area contributed by atoms with Crippen LogP contribution in [0.1, 0.15) is 32.3 Å². The van der Waals surface area contributed by atoms with Crippen molar-refractivity contribution in [2.75, 3.05) is 6.61 Å². The maximum atomic E-state index is 11.8. The first-order valence-corrected chi connectivity index (χ1v) is 6.45. The summed E-state index contributed by atoms with van der Waals surface area (Å²) in [5.74, 6) is -0.137. The molecule has 0 aromatic heterocycles. The van der Waals surface area contributed by atoms with Crippen LogP contribution in [0.3, 0.4) is 0 Å². The standard InChI is InChI=1S/C15H20O3/c1-15(2)13(10-11-17-15)18-14(16)9-8-12-6-4-3-5-7-12/h3-7,13H,8-11H2,1-2H3/i16+2. The molecule has 1 aromatic carbocycles. The molecule has 1 aromatic rings. The third kappa shape index (κ3) is 3.33. The molecule has 1 aliphatic heterocycles. The third-order valence-corrected chi connectivity index (χ3v) is 3.36. The molecule has 0 saturated carbocycles. The average molecular weight is 250 g/mol. The molecule has 0 spiro atoms. The second kappa shape index (κ2) is 5.53. The molecule has 3 nitrogen and oxygen atoms in total. The molecule has 18 heavy (non-hydrogen) atoms. The summed E-state index contributed by atoms with van der Waals surface area (Å²) >= 11 is 0. The first-order valence-electron chi connectivity index (χ1n) is 6.45. The Balaban J connectivity index is 1.79. The van der Waals surface area contributed by atoms with Gasteiger partial charge in [-0.1, -0.05) is 30.3 Å². The number of aryl methyl sites for hydroxylation is 1. The van der Waals surface area contributed by atoms with Gasteiger partial charge in [0.2, 0.25) is 0 Å². The van der Waals surface area contributed by atoms with Crippen molar-refractivity contribution < 1.29 is 14.3 Å². The van der Waals surface area contributed by atoms with E-state index < -0.39 is 0 Å². The van der Waals surface area contributed by atoms with E-state index in [-0.39, 0.29) is 17.7 Å². The number of hydrogen-bond donors (Lipinski definition) is 0. The van der Waals surface area contributed by atoms with E-state index in [9.17, 15) is 4.79 Å². The number of carbonyl (C=O) groups excluding carboxylic acids is 1. The predicted octanol–water partition coefficient (Wildman–Crippen LogP) is 2.73. The van der Waals surface area contributed by atoms with Crippen molar-refractivity contribution in [1.82, 2.24) is 0 Å². The van der Waals surface area contributed by atoms with Gasteiger partial charge in [-0.25, -0.2) is 0 Å². The molecular weight excluding hydrogens is 230 g/mol. The van der Waals surface area contributed by atoms with Crippen molar-refractivity contribution in [3.05, 3.63) is 35.9 Å². The summed E-state index contributed by atoms with van der Waals surface area (Å²) < 4.78 is 11.0. The van der Waals surface area contributed by atoms with Gasteiger partial charge in [-0.3, -0.25) is 4.79 Å². The minimum Gasteiger partial charge on any atom is -0.459 e. The molecule has 98 valence electrons. The van der Waals surface area contributed by atoms with E-state index in [2.05, 4.69) is 0 Å². The van der Waals surface area contributed by atoms with Crippen LogP contribution in [0.4, 0.5) is 0 Å². The lowest BCUT2D eigenvalue weighted by Gasteiger charge is -2.25. The Morgan fingerprint density at radius 2 is 2.11 bits per heavy atom. The van der Waals surface area contributed by atoms with Crippen LogP contribution >= 0.6 is 0 Å². The summed E-state index contributed by atoms with van der Waals surface area (Å²) in [4.78, 5) is 11.8. The number of benzene rings is 1. The summed E-state index contributed by atoms with van der Waals surface area (Å²) in [5, 5.41) is 0. The predicted molar refractivity (Wildman–Crippen MR) is 69.3 cm³/mol. The average Bonchev–Trinajstić information content (AvgIpc) is 2.68. The molecule has 0 aliphatic carbocycles. The summed E-state index contributed by atoms with van der Waals surface area (Å²) in [6.45, 7) is 4.61. The Labute approximate surface area is 108 Å². The molecule has 3 heteroatoms. The van der Waals surface area contributed by atoms with Gasteiger partial charge in [0.1, 0.15) is 6.10 Å². The largest absolute Gasteiger partial charge is 0.459 e. The molecule has 1 heterocycles. The third-order valence-electron chi connectivity index (χ3n) is 3.36. The molecule has 2 rings (SSSR count). The van der Waals surface area contributed by atoms with Gasteiger partial charge in [0.25, 0.3) is 0 Å². The quantitative estimate of drug-likeness (QED) is 0.609. The highest BCUT2D eigenvalue weighted by molar-refractivity contribution is 5.70. The highest BCUT2D eigenvalue weighted by Crippen LogP contribution is 2.28. The molecule has 1 aliphatic rings. The maximum Gasteiger partial charge on any atom is 0.306 e. The second-order valence-corrected chi connectivity index (χ2v) is 5.20. The van der Waals surface area contributed by atoms with Gasteiger partial charge in [0.15, 0.2) is 0 Å². The summed E-state index contributed by atoms with van der Waals surface area (Å²) in [6, 6.07) is 9.98. The zero-order chi connectivity index (χ0) is 13.0. The Hall–Kier alpha value is -1.35.